The minimum Gasteiger partial charge on any atom is -0.343 e. The van der Waals surface area contributed by atoms with Crippen LogP contribution in [0.15, 0.2) is 6.20 Å². The zero-order chi connectivity index (χ0) is 8.27. The van der Waals surface area contributed by atoms with Crippen molar-refractivity contribution in [1.82, 2.24) is 15.5 Å². The fraction of sp³-hybridized carbons (Fsp3) is 0.333. The Morgan fingerprint density at radius 3 is 3.09 bits per heavy atom. The number of aryl methyl sites for hydroxylation is 1. The van der Waals surface area contributed by atoms with Crippen molar-refractivity contribution in [2.24, 2.45) is 0 Å². The van der Waals surface area contributed by atoms with Crippen LogP contribution in [0.2, 0.25) is 0 Å². The second-order valence-corrected chi connectivity index (χ2v) is 3.13. The number of aromatic amines is 1. The molecule has 1 amide bonds. The second-order valence-electron chi connectivity index (χ2n) is 2.15. The first-order valence-corrected chi connectivity index (χ1v) is 4.20. The highest BCUT2D eigenvalue weighted by atomic mass is 127. The van der Waals surface area contributed by atoms with Gasteiger partial charge in [-0.2, -0.15) is 5.10 Å². The summed E-state index contributed by atoms with van der Waals surface area (Å²) in [5, 5.41) is 9.29. The number of halogens is 1. The third kappa shape index (κ3) is 2.49. The summed E-state index contributed by atoms with van der Waals surface area (Å²) in [5.41, 5.74) is 2.02. The molecular formula is C6H8IN3O. The van der Waals surface area contributed by atoms with Gasteiger partial charge in [0.25, 0.3) is 3.91 Å². The number of hydrogen-bond donors (Lipinski definition) is 2. The van der Waals surface area contributed by atoms with E-state index in [1.807, 2.05) is 6.92 Å². The van der Waals surface area contributed by atoms with Crippen LogP contribution in [0.1, 0.15) is 11.3 Å². The SMILES string of the molecule is Cc1[nH]ncc1CNC(=O)I. The lowest BCUT2D eigenvalue weighted by molar-refractivity contribution is 0.262. The van der Waals surface area contributed by atoms with Crippen molar-refractivity contribution >= 4 is 26.5 Å². The molecule has 1 heterocycles. The van der Waals surface area contributed by atoms with Crippen molar-refractivity contribution in [1.29, 1.82) is 0 Å². The van der Waals surface area contributed by atoms with E-state index >= 15 is 0 Å². The van der Waals surface area contributed by atoms with Gasteiger partial charge in [0.15, 0.2) is 0 Å². The molecule has 1 rings (SSSR count). The molecule has 0 aliphatic heterocycles. The molecule has 0 aliphatic rings. The van der Waals surface area contributed by atoms with Gasteiger partial charge in [-0.1, -0.05) is 0 Å². The summed E-state index contributed by atoms with van der Waals surface area (Å²) >= 11 is 1.70. The molecule has 1 aromatic heterocycles. The van der Waals surface area contributed by atoms with Gasteiger partial charge in [-0.05, 0) is 6.92 Å². The van der Waals surface area contributed by atoms with Gasteiger partial charge in [0.2, 0.25) is 0 Å². The van der Waals surface area contributed by atoms with Crippen LogP contribution in [0.25, 0.3) is 0 Å². The lowest BCUT2D eigenvalue weighted by atomic mass is 10.3. The molecular weight excluding hydrogens is 257 g/mol. The van der Waals surface area contributed by atoms with E-state index in [0.717, 1.165) is 11.3 Å². The van der Waals surface area contributed by atoms with E-state index in [0.29, 0.717) is 6.54 Å². The Morgan fingerprint density at radius 1 is 1.91 bits per heavy atom. The number of carbonyl (C=O) groups excluding carboxylic acids is 1. The predicted octanol–water partition coefficient (Wildman–Crippen LogP) is 1.36. The van der Waals surface area contributed by atoms with E-state index in [1.54, 1.807) is 28.8 Å². The first-order valence-electron chi connectivity index (χ1n) is 3.12. The largest absolute Gasteiger partial charge is 0.343 e. The van der Waals surface area contributed by atoms with E-state index in [2.05, 4.69) is 15.5 Å². The molecule has 2 N–H and O–H groups in total. The zero-order valence-electron chi connectivity index (χ0n) is 6.02. The molecule has 5 heteroatoms. The van der Waals surface area contributed by atoms with Gasteiger partial charge < -0.3 is 5.32 Å². The summed E-state index contributed by atoms with van der Waals surface area (Å²) in [6.07, 6.45) is 1.71. The fourth-order valence-corrected chi connectivity index (χ4v) is 0.909. The summed E-state index contributed by atoms with van der Waals surface area (Å²) < 4.78 is -0.0526. The highest BCUT2D eigenvalue weighted by molar-refractivity contribution is 14.1. The molecule has 0 saturated carbocycles. The van der Waals surface area contributed by atoms with Crippen molar-refractivity contribution in [2.75, 3.05) is 0 Å². The smallest absolute Gasteiger partial charge is 0.280 e. The normalized spacial score (nSPS) is 9.64. The molecule has 0 unspecified atom stereocenters. The summed E-state index contributed by atoms with van der Waals surface area (Å²) in [5.74, 6) is 0. The van der Waals surface area contributed by atoms with Crippen molar-refractivity contribution < 1.29 is 4.79 Å². The van der Waals surface area contributed by atoms with E-state index in [4.69, 9.17) is 0 Å². The van der Waals surface area contributed by atoms with Crippen LogP contribution < -0.4 is 5.32 Å². The van der Waals surface area contributed by atoms with Crippen molar-refractivity contribution in [3.63, 3.8) is 0 Å². The molecule has 0 radical (unpaired) electrons. The molecule has 11 heavy (non-hydrogen) atoms. The summed E-state index contributed by atoms with van der Waals surface area (Å²) in [4.78, 5) is 10.5. The molecule has 0 aromatic carbocycles. The maximum atomic E-state index is 10.5. The average Bonchev–Trinajstić information content (AvgIpc) is 2.31. The fourth-order valence-electron chi connectivity index (χ4n) is 0.719. The first-order chi connectivity index (χ1) is 5.20. The van der Waals surface area contributed by atoms with Crippen LogP contribution in [0.4, 0.5) is 4.79 Å². The molecule has 0 aliphatic carbocycles. The van der Waals surface area contributed by atoms with E-state index in [-0.39, 0.29) is 3.91 Å². The Hall–Kier alpha value is -0.590. The lowest BCUT2D eigenvalue weighted by Gasteiger charge is -1.97. The van der Waals surface area contributed by atoms with E-state index < -0.39 is 0 Å². The highest BCUT2D eigenvalue weighted by Crippen LogP contribution is 2.01. The maximum Gasteiger partial charge on any atom is 0.280 e. The Labute approximate surface area is 77.9 Å². The van der Waals surface area contributed by atoms with Gasteiger partial charge in [-0.15, -0.1) is 0 Å². The monoisotopic (exact) mass is 265 g/mol. The first kappa shape index (κ1) is 8.51. The molecule has 0 saturated heterocycles. The van der Waals surface area contributed by atoms with Crippen molar-refractivity contribution in [3.05, 3.63) is 17.5 Å². The third-order valence-corrected chi connectivity index (χ3v) is 1.73. The Kier molecular flexibility index (Phi) is 2.86. The molecule has 1 aromatic rings. The van der Waals surface area contributed by atoms with E-state index in [1.165, 1.54) is 0 Å². The Balaban J connectivity index is 2.51. The standard InChI is InChI=1S/C6H8IN3O/c1-4-5(3-9-10-4)2-8-6(7)11/h3H,2H2,1H3,(H,8,11)(H,9,10). The minimum atomic E-state index is -0.0526. The summed E-state index contributed by atoms with van der Waals surface area (Å²) in [6, 6.07) is 0. The third-order valence-electron chi connectivity index (χ3n) is 1.35. The predicted molar refractivity (Wildman–Crippen MR) is 49.6 cm³/mol. The molecule has 4 nitrogen and oxygen atoms in total. The molecule has 0 spiro atoms. The van der Waals surface area contributed by atoms with Gasteiger partial charge in [0.05, 0.1) is 6.20 Å². The van der Waals surface area contributed by atoms with Crippen LogP contribution in [0.5, 0.6) is 0 Å². The highest BCUT2D eigenvalue weighted by Gasteiger charge is 1.99. The number of hydrogen-bond acceptors (Lipinski definition) is 2. The number of rotatable bonds is 2. The molecule has 0 atom stereocenters. The van der Waals surface area contributed by atoms with Crippen molar-refractivity contribution in [3.8, 4) is 0 Å². The van der Waals surface area contributed by atoms with Crippen LogP contribution >= 0.6 is 22.6 Å². The number of nitrogens with one attached hydrogen (secondary N) is 2. The Bertz CT molecular complexity index is 258. The van der Waals surface area contributed by atoms with Gasteiger partial charge in [-0.3, -0.25) is 9.89 Å². The Morgan fingerprint density at radius 2 is 2.64 bits per heavy atom. The van der Waals surface area contributed by atoms with Crippen LogP contribution in [0, 0.1) is 6.92 Å². The van der Waals surface area contributed by atoms with Crippen LogP contribution in [-0.2, 0) is 6.54 Å². The zero-order valence-corrected chi connectivity index (χ0v) is 8.18. The molecule has 0 bridgehead atoms. The number of aromatic nitrogens is 2. The summed E-state index contributed by atoms with van der Waals surface area (Å²) in [6.45, 7) is 2.46. The quantitative estimate of drug-likeness (QED) is 0.482. The minimum absolute atomic E-state index is 0.0526. The second kappa shape index (κ2) is 3.70. The van der Waals surface area contributed by atoms with Gasteiger partial charge in [-0.25, -0.2) is 0 Å². The van der Waals surface area contributed by atoms with Crippen LogP contribution in [0.3, 0.4) is 0 Å². The maximum absolute atomic E-state index is 10.5. The van der Waals surface area contributed by atoms with Gasteiger partial charge >= 0.3 is 0 Å². The molecule has 60 valence electrons. The number of H-pyrrole nitrogens is 1. The van der Waals surface area contributed by atoms with E-state index in [9.17, 15) is 4.79 Å². The average molecular weight is 265 g/mol. The number of amides is 1. The van der Waals surface area contributed by atoms with Crippen molar-refractivity contribution in [2.45, 2.75) is 13.5 Å². The lowest BCUT2D eigenvalue weighted by Crippen LogP contribution is -2.14. The van der Waals surface area contributed by atoms with Gasteiger partial charge in [0, 0.05) is 40.4 Å². The number of carbonyl (C=O) groups is 1. The summed E-state index contributed by atoms with van der Waals surface area (Å²) in [7, 11) is 0. The number of nitrogens with zero attached hydrogens (tertiary/aromatic N) is 1. The van der Waals surface area contributed by atoms with Gasteiger partial charge in [0.1, 0.15) is 0 Å². The topological polar surface area (TPSA) is 57.8 Å². The van der Waals surface area contributed by atoms with Crippen LogP contribution in [-0.4, -0.2) is 14.1 Å². The molecule has 0 fully saturated rings.